The van der Waals surface area contributed by atoms with Crippen LogP contribution in [0, 0.1) is 3.57 Å². The lowest BCUT2D eigenvalue weighted by Gasteiger charge is -2.15. The van der Waals surface area contributed by atoms with E-state index in [-0.39, 0.29) is 0 Å². The van der Waals surface area contributed by atoms with Crippen LogP contribution in [0.5, 0.6) is 0 Å². The van der Waals surface area contributed by atoms with Gasteiger partial charge in [0.25, 0.3) is 0 Å². The lowest BCUT2D eigenvalue weighted by molar-refractivity contribution is 0.590. The molecule has 1 aromatic heterocycles. The van der Waals surface area contributed by atoms with Gasteiger partial charge in [-0.1, -0.05) is 12.1 Å². The molecule has 16 heavy (non-hydrogen) atoms. The number of hydrogen-bond acceptors (Lipinski definition) is 3. The SMILES string of the molecule is CNC(Cc1nccs1)c1ccc(I)cc1. The van der Waals surface area contributed by atoms with E-state index in [4.69, 9.17) is 0 Å². The van der Waals surface area contributed by atoms with Crippen molar-refractivity contribution >= 4 is 33.9 Å². The molecule has 1 unspecified atom stereocenters. The molecule has 0 spiro atoms. The monoisotopic (exact) mass is 344 g/mol. The maximum absolute atomic E-state index is 4.32. The van der Waals surface area contributed by atoms with Crippen molar-refractivity contribution in [2.45, 2.75) is 12.5 Å². The number of thiazole rings is 1. The molecule has 2 aromatic rings. The Morgan fingerprint density at radius 2 is 2.12 bits per heavy atom. The summed E-state index contributed by atoms with van der Waals surface area (Å²) in [5, 5.41) is 6.54. The summed E-state index contributed by atoms with van der Waals surface area (Å²) in [5.41, 5.74) is 1.32. The number of aromatic nitrogens is 1. The minimum absolute atomic E-state index is 0.350. The second kappa shape index (κ2) is 5.75. The third-order valence-corrected chi connectivity index (χ3v) is 4.00. The Labute approximate surface area is 113 Å². The molecule has 0 saturated carbocycles. The van der Waals surface area contributed by atoms with Crippen LogP contribution in [0.3, 0.4) is 0 Å². The van der Waals surface area contributed by atoms with Crippen molar-refractivity contribution in [2.24, 2.45) is 0 Å². The van der Waals surface area contributed by atoms with Gasteiger partial charge in [-0.15, -0.1) is 11.3 Å². The highest BCUT2D eigenvalue weighted by atomic mass is 127. The van der Waals surface area contributed by atoms with Crippen LogP contribution in [0.4, 0.5) is 0 Å². The zero-order chi connectivity index (χ0) is 11.4. The highest BCUT2D eigenvalue weighted by Gasteiger charge is 2.11. The molecule has 1 heterocycles. The van der Waals surface area contributed by atoms with E-state index in [1.807, 2.05) is 18.6 Å². The second-order valence-corrected chi connectivity index (χ2v) is 5.75. The molecule has 2 nitrogen and oxygen atoms in total. The minimum Gasteiger partial charge on any atom is -0.313 e. The highest BCUT2D eigenvalue weighted by Crippen LogP contribution is 2.20. The van der Waals surface area contributed by atoms with Gasteiger partial charge < -0.3 is 5.32 Å². The molecule has 84 valence electrons. The van der Waals surface area contributed by atoms with Gasteiger partial charge in [0, 0.05) is 27.6 Å². The van der Waals surface area contributed by atoms with Crippen LogP contribution in [0.25, 0.3) is 0 Å². The summed E-state index contributed by atoms with van der Waals surface area (Å²) in [6.07, 6.45) is 2.81. The first kappa shape index (κ1) is 12.0. The standard InChI is InChI=1S/C12H13IN2S/c1-14-11(8-12-15-6-7-16-12)9-2-4-10(13)5-3-9/h2-7,11,14H,8H2,1H3. The van der Waals surface area contributed by atoms with E-state index in [1.165, 1.54) is 14.1 Å². The van der Waals surface area contributed by atoms with Crippen LogP contribution < -0.4 is 5.32 Å². The van der Waals surface area contributed by atoms with Crippen LogP contribution in [0.15, 0.2) is 35.8 Å². The molecule has 0 fully saturated rings. The predicted octanol–water partition coefficient (Wildman–Crippen LogP) is 3.25. The molecule has 0 amide bonds. The number of halogens is 1. The third kappa shape index (κ3) is 3.02. The zero-order valence-corrected chi connectivity index (χ0v) is 12.0. The first-order valence-electron chi connectivity index (χ1n) is 5.10. The maximum Gasteiger partial charge on any atom is 0.0943 e. The molecule has 2 rings (SSSR count). The van der Waals surface area contributed by atoms with E-state index in [9.17, 15) is 0 Å². The van der Waals surface area contributed by atoms with Crippen LogP contribution in [0.1, 0.15) is 16.6 Å². The van der Waals surface area contributed by atoms with Gasteiger partial charge >= 0.3 is 0 Å². The summed E-state index contributed by atoms with van der Waals surface area (Å²) in [6.45, 7) is 0. The fourth-order valence-electron chi connectivity index (χ4n) is 1.61. The normalized spacial score (nSPS) is 12.6. The Morgan fingerprint density at radius 1 is 1.38 bits per heavy atom. The molecule has 1 aromatic carbocycles. The molecular weight excluding hydrogens is 331 g/mol. The Balaban J connectivity index is 2.13. The molecule has 0 radical (unpaired) electrons. The van der Waals surface area contributed by atoms with Crippen molar-refractivity contribution in [1.82, 2.24) is 10.3 Å². The van der Waals surface area contributed by atoms with Gasteiger partial charge in [0.15, 0.2) is 0 Å². The van der Waals surface area contributed by atoms with Crippen molar-refractivity contribution in [3.05, 3.63) is 50.0 Å². The summed E-state index contributed by atoms with van der Waals surface area (Å²) in [5.74, 6) is 0. The fraction of sp³-hybridized carbons (Fsp3) is 0.250. The molecular formula is C12H13IN2S. The van der Waals surface area contributed by atoms with E-state index in [0.29, 0.717) is 6.04 Å². The first-order valence-corrected chi connectivity index (χ1v) is 7.06. The number of hydrogen-bond donors (Lipinski definition) is 1. The minimum atomic E-state index is 0.350. The van der Waals surface area contributed by atoms with E-state index in [0.717, 1.165) is 6.42 Å². The molecule has 0 saturated heterocycles. The van der Waals surface area contributed by atoms with E-state index in [2.05, 4.69) is 57.2 Å². The zero-order valence-electron chi connectivity index (χ0n) is 8.98. The lowest BCUT2D eigenvalue weighted by Crippen LogP contribution is -2.18. The topological polar surface area (TPSA) is 24.9 Å². The number of nitrogens with one attached hydrogen (secondary N) is 1. The summed E-state index contributed by atoms with van der Waals surface area (Å²) in [4.78, 5) is 4.32. The molecule has 1 N–H and O–H groups in total. The van der Waals surface area contributed by atoms with E-state index >= 15 is 0 Å². The van der Waals surface area contributed by atoms with Gasteiger partial charge in [0.05, 0.1) is 5.01 Å². The molecule has 0 aliphatic carbocycles. The van der Waals surface area contributed by atoms with Gasteiger partial charge in [-0.3, -0.25) is 0 Å². The number of nitrogens with zero attached hydrogens (tertiary/aromatic N) is 1. The highest BCUT2D eigenvalue weighted by molar-refractivity contribution is 14.1. The van der Waals surface area contributed by atoms with Crippen LogP contribution >= 0.6 is 33.9 Å². The summed E-state index contributed by atoms with van der Waals surface area (Å²) in [6, 6.07) is 8.99. The van der Waals surface area contributed by atoms with Crippen molar-refractivity contribution in [3.63, 3.8) is 0 Å². The molecule has 0 aliphatic heterocycles. The lowest BCUT2D eigenvalue weighted by atomic mass is 10.0. The second-order valence-electron chi connectivity index (χ2n) is 3.52. The van der Waals surface area contributed by atoms with Gasteiger partial charge in [0.1, 0.15) is 0 Å². The van der Waals surface area contributed by atoms with E-state index in [1.54, 1.807) is 11.3 Å². The number of rotatable bonds is 4. The van der Waals surface area contributed by atoms with E-state index < -0.39 is 0 Å². The van der Waals surface area contributed by atoms with Gasteiger partial charge in [-0.25, -0.2) is 4.98 Å². The summed E-state index contributed by atoms with van der Waals surface area (Å²) < 4.78 is 1.27. The van der Waals surface area contributed by atoms with Crippen LogP contribution in [-0.2, 0) is 6.42 Å². The molecule has 0 aliphatic rings. The molecule has 1 atom stereocenters. The molecule has 0 bridgehead atoms. The smallest absolute Gasteiger partial charge is 0.0943 e. The third-order valence-electron chi connectivity index (χ3n) is 2.48. The van der Waals surface area contributed by atoms with Crippen molar-refractivity contribution in [3.8, 4) is 0 Å². The predicted molar refractivity (Wildman–Crippen MR) is 76.8 cm³/mol. The fourth-order valence-corrected chi connectivity index (χ4v) is 2.63. The average molecular weight is 344 g/mol. The largest absolute Gasteiger partial charge is 0.313 e. The maximum atomic E-state index is 4.32. The Hall–Kier alpha value is -0.460. The molecule has 4 heteroatoms. The Kier molecular flexibility index (Phi) is 4.31. The van der Waals surface area contributed by atoms with Crippen LogP contribution in [-0.4, -0.2) is 12.0 Å². The Morgan fingerprint density at radius 3 is 2.69 bits per heavy atom. The van der Waals surface area contributed by atoms with Crippen LogP contribution in [0.2, 0.25) is 0 Å². The van der Waals surface area contributed by atoms with Gasteiger partial charge in [-0.05, 0) is 47.3 Å². The first-order chi connectivity index (χ1) is 7.79. The number of benzene rings is 1. The number of likely N-dealkylation sites (N-methyl/N-ethyl adjacent to an activating group) is 1. The van der Waals surface area contributed by atoms with Crippen molar-refractivity contribution in [1.29, 1.82) is 0 Å². The van der Waals surface area contributed by atoms with Crippen molar-refractivity contribution < 1.29 is 0 Å². The summed E-state index contributed by atoms with van der Waals surface area (Å²) >= 11 is 4.04. The average Bonchev–Trinajstić information content (AvgIpc) is 2.80. The van der Waals surface area contributed by atoms with Gasteiger partial charge in [0.2, 0.25) is 0 Å². The quantitative estimate of drug-likeness (QED) is 0.862. The van der Waals surface area contributed by atoms with Crippen molar-refractivity contribution in [2.75, 3.05) is 7.05 Å². The summed E-state index contributed by atoms with van der Waals surface area (Å²) in [7, 11) is 2.00. The van der Waals surface area contributed by atoms with Gasteiger partial charge in [-0.2, -0.15) is 0 Å². The Bertz CT molecular complexity index is 425.